The number of hydrogen-bond acceptors (Lipinski definition) is 1. The van der Waals surface area contributed by atoms with Gasteiger partial charge in [-0.15, -0.1) is 18.1 Å². The number of nitrogens with two attached hydrogens (primary N) is 1. The van der Waals surface area contributed by atoms with Crippen LogP contribution in [0.3, 0.4) is 0 Å². The van der Waals surface area contributed by atoms with Gasteiger partial charge in [0.25, 0.3) is 0 Å². The van der Waals surface area contributed by atoms with Crippen molar-refractivity contribution in [3.05, 3.63) is 79.1 Å². The van der Waals surface area contributed by atoms with E-state index in [1.54, 1.807) is 0 Å². The molecule has 20 heavy (non-hydrogen) atoms. The molecule has 2 aromatic carbocycles. The average molecular weight is 312 g/mol. The summed E-state index contributed by atoms with van der Waals surface area (Å²) < 4.78 is 0. The van der Waals surface area contributed by atoms with E-state index in [0.29, 0.717) is 5.92 Å². The van der Waals surface area contributed by atoms with Gasteiger partial charge in [-0.25, -0.2) is 0 Å². The molecule has 2 heteroatoms. The first kappa shape index (κ1) is 18.6. The van der Waals surface area contributed by atoms with Gasteiger partial charge in [-0.3, -0.25) is 0 Å². The van der Waals surface area contributed by atoms with Gasteiger partial charge in [0.05, 0.1) is 0 Å². The molecule has 0 saturated heterocycles. The van der Waals surface area contributed by atoms with Crippen molar-refractivity contribution in [1.29, 1.82) is 0 Å². The monoisotopic (exact) mass is 312 g/mol. The first-order valence-electron chi connectivity index (χ1n) is 6.70. The summed E-state index contributed by atoms with van der Waals surface area (Å²) in [5, 5.41) is 0. The predicted octanol–water partition coefficient (Wildman–Crippen LogP) is 4.85. The van der Waals surface area contributed by atoms with Crippen molar-refractivity contribution >= 4 is 5.69 Å². The Morgan fingerprint density at radius 3 is 2.05 bits per heavy atom. The molecule has 0 aliphatic rings. The van der Waals surface area contributed by atoms with Gasteiger partial charge in [0.15, 0.2) is 0 Å². The SMILES string of the molecule is CC[CH-]c1ccccc1.[CH2-]C(C)c1ccc(N)cc1.[Co+2]. The second-order valence-electron chi connectivity index (χ2n) is 4.59. The smallest absolute Gasteiger partial charge is 0.399 e. The molecule has 0 saturated carbocycles. The molecule has 0 spiro atoms. The number of anilines is 1. The van der Waals surface area contributed by atoms with E-state index in [9.17, 15) is 0 Å². The van der Waals surface area contributed by atoms with Gasteiger partial charge in [-0.05, 0) is 12.1 Å². The number of benzene rings is 2. The molecule has 0 aromatic heterocycles. The van der Waals surface area contributed by atoms with Gasteiger partial charge in [0.2, 0.25) is 0 Å². The Labute approximate surface area is 133 Å². The number of nitrogen functional groups attached to an aromatic ring is 1. The first-order valence-corrected chi connectivity index (χ1v) is 6.70. The van der Waals surface area contributed by atoms with Gasteiger partial charge in [0.1, 0.15) is 0 Å². The van der Waals surface area contributed by atoms with Gasteiger partial charge in [-0.1, -0.05) is 44.0 Å². The zero-order valence-corrected chi connectivity index (χ0v) is 13.2. The minimum atomic E-state index is 0. The van der Waals surface area contributed by atoms with E-state index in [0.717, 1.165) is 12.1 Å². The number of rotatable bonds is 3. The molecule has 1 radical (unpaired) electrons. The molecule has 0 amide bonds. The molecule has 0 heterocycles. The molecule has 0 aliphatic carbocycles. The van der Waals surface area contributed by atoms with Crippen LogP contribution in [0.4, 0.5) is 5.69 Å². The molecule has 0 aliphatic heterocycles. The molecular weight excluding hydrogens is 289 g/mol. The maximum Gasteiger partial charge on any atom is 2.00 e. The van der Waals surface area contributed by atoms with Crippen LogP contribution < -0.4 is 5.73 Å². The van der Waals surface area contributed by atoms with Crippen molar-refractivity contribution in [2.45, 2.75) is 26.2 Å². The van der Waals surface area contributed by atoms with E-state index < -0.39 is 0 Å². The fourth-order valence-electron chi connectivity index (χ4n) is 1.65. The molecule has 1 unspecified atom stereocenters. The van der Waals surface area contributed by atoms with Gasteiger partial charge in [-0.2, -0.15) is 24.1 Å². The third-order valence-corrected chi connectivity index (χ3v) is 2.74. The van der Waals surface area contributed by atoms with Crippen LogP contribution in [0.5, 0.6) is 0 Å². The maximum atomic E-state index is 5.51. The third kappa shape index (κ3) is 7.27. The van der Waals surface area contributed by atoms with Crippen molar-refractivity contribution in [3.8, 4) is 0 Å². The zero-order chi connectivity index (χ0) is 14.1. The molecule has 2 rings (SSSR count). The summed E-state index contributed by atoms with van der Waals surface area (Å²) in [6.07, 6.45) is 3.32. The van der Waals surface area contributed by atoms with Crippen molar-refractivity contribution in [3.63, 3.8) is 0 Å². The van der Waals surface area contributed by atoms with Crippen LogP contribution in [-0.4, -0.2) is 0 Å². The van der Waals surface area contributed by atoms with E-state index in [-0.39, 0.29) is 16.8 Å². The maximum absolute atomic E-state index is 5.51. The van der Waals surface area contributed by atoms with E-state index in [1.165, 1.54) is 11.1 Å². The fourth-order valence-corrected chi connectivity index (χ4v) is 1.65. The zero-order valence-electron chi connectivity index (χ0n) is 12.2. The molecule has 109 valence electrons. The molecule has 2 N–H and O–H groups in total. The summed E-state index contributed by atoms with van der Waals surface area (Å²) in [6.45, 7) is 8.10. The largest absolute Gasteiger partial charge is 2.00 e. The van der Waals surface area contributed by atoms with Gasteiger partial charge >= 0.3 is 16.8 Å². The number of hydrogen-bond donors (Lipinski definition) is 1. The van der Waals surface area contributed by atoms with E-state index >= 15 is 0 Å². The Morgan fingerprint density at radius 2 is 1.60 bits per heavy atom. The molecule has 0 fully saturated rings. The fraction of sp³-hybridized carbons (Fsp3) is 0.222. The van der Waals surface area contributed by atoms with Crippen LogP contribution in [0, 0.1) is 13.3 Å². The topological polar surface area (TPSA) is 26.0 Å². The Balaban J connectivity index is 0.000000345. The Bertz CT molecular complexity index is 449. The quantitative estimate of drug-likeness (QED) is 0.636. The van der Waals surface area contributed by atoms with Gasteiger partial charge in [0, 0.05) is 5.69 Å². The first-order chi connectivity index (χ1) is 9.13. The molecule has 1 nitrogen and oxygen atoms in total. The summed E-state index contributed by atoms with van der Waals surface area (Å²) in [5.41, 5.74) is 8.87. The second kappa shape index (κ2) is 10.4. The van der Waals surface area contributed by atoms with Crippen molar-refractivity contribution in [2.24, 2.45) is 0 Å². The van der Waals surface area contributed by atoms with Crippen LogP contribution >= 0.6 is 0 Å². The standard InChI is InChI=1S/C9H12N.C9H11.Co/c1-7(2)8-3-5-9(10)6-4-8;1-2-6-9-7-4-3-5-8-9;/h3-7H,1,10H2,2H3;3-8H,2H2,1H3;/q2*-1;+2. The second-order valence-corrected chi connectivity index (χ2v) is 4.59. The summed E-state index contributed by atoms with van der Waals surface area (Å²) in [4.78, 5) is 0. The average Bonchev–Trinajstić information content (AvgIpc) is 2.41. The van der Waals surface area contributed by atoms with Crippen LogP contribution in [0.15, 0.2) is 54.6 Å². The van der Waals surface area contributed by atoms with E-state index in [4.69, 9.17) is 5.73 Å². The minimum absolute atomic E-state index is 0. The van der Waals surface area contributed by atoms with Crippen LogP contribution in [0.2, 0.25) is 0 Å². The molecule has 2 aromatic rings. The van der Waals surface area contributed by atoms with Gasteiger partial charge < -0.3 is 12.7 Å². The Morgan fingerprint density at radius 1 is 1.05 bits per heavy atom. The normalized spacial score (nSPS) is 10.6. The van der Waals surface area contributed by atoms with Crippen molar-refractivity contribution in [1.82, 2.24) is 0 Å². The minimum Gasteiger partial charge on any atom is -0.399 e. The summed E-state index contributed by atoms with van der Waals surface area (Å²) in [7, 11) is 0. The molecule has 0 bridgehead atoms. The van der Waals surface area contributed by atoms with Crippen molar-refractivity contribution in [2.75, 3.05) is 5.73 Å². The molecule has 1 atom stereocenters. The van der Waals surface area contributed by atoms with E-state index in [1.807, 2.05) is 30.3 Å². The molecular formula is C18H23CoN. The summed E-state index contributed by atoms with van der Waals surface area (Å²) >= 11 is 0. The predicted molar refractivity (Wildman–Crippen MR) is 84.8 cm³/mol. The summed E-state index contributed by atoms with van der Waals surface area (Å²) in [5.74, 6) is 0.348. The Kier molecular flexibility index (Phi) is 9.69. The summed E-state index contributed by atoms with van der Waals surface area (Å²) in [6, 6.07) is 18.2. The van der Waals surface area contributed by atoms with E-state index in [2.05, 4.69) is 51.5 Å². The van der Waals surface area contributed by atoms with Crippen LogP contribution in [0.25, 0.3) is 0 Å². The Hall–Kier alpha value is -1.38. The van der Waals surface area contributed by atoms with Crippen LogP contribution in [-0.2, 0) is 16.8 Å². The third-order valence-electron chi connectivity index (χ3n) is 2.74. The van der Waals surface area contributed by atoms with Crippen molar-refractivity contribution < 1.29 is 16.8 Å². The van der Waals surface area contributed by atoms with Crippen LogP contribution in [0.1, 0.15) is 37.3 Å².